The molecule has 1 heterocycles. The van der Waals surface area contributed by atoms with Crippen LogP contribution in [0, 0.1) is 28.6 Å². The van der Waals surface area contributed by atoms with Crippen molar-refractivity contribution in [1.29, 1.82) is 5.26 Å². The van der Waals surface area contributed by atoms with E-state index < -0.39 is 5.79 Å². The zero-order valence-corrected chi connectivity index (χ0v) is 12.4. The molecule has 3 nitrogen and oxygen atoms in total. The Balaban J connectivity index is 1.75. The van der Waals surface area contributed by atoms with Crippen LogP contribution in [0.1, 0.15) is 25.0 Å². The fourth-order valence-electron chi connectivity index (χ4n) is 3.74. The van der Waals surface area contributed by atoms with E-state index in [9.17, 15) is 5.26 Å². The Kier molecular flexibility index (Phi) is 2.61. The average Bonchev–Trinajstić information content (AvgIpc) is 2.95. The monoisotopic (exact) mass is 281 g/mol. The number of ether oxygens (including phenoxy) is 2. The number of hydrogen-bond acceptors (Lipinski definition) is 3. The fraction of sp³-hybridized carbons (Fsp3) is 0.500. The van der Waals surface area contributed by atoms with E-state index in [1.165, 1.54) is 16.7 Å². The molecule has 0 saturated carbocycles. The molecular weight excluding hydrogens is 262 g/mol. The van der Waals surface area contributed by atoms with Gasteiger partial charge >= 0.3 is 0 Å². The molecule has 21 heavy (non-hydrogen) atoms. The van der Waals surface area contributed by atoms with Gasteiger partial charge in [-0.05, 0) is 29.2 Å². The van der Waals surface area contributed by atoms with Crippen LogP contribution in [-0.4, -0.2) is 19.0 Å². The second-order valence-electron chi connectivity index (χ2n) is 7.14. The molecule has 0 amide bonds. The van der Waals surface area contributed by atoms with Crippen molar-refractivity contribution >= 4 is 5.57 Å². The third kappa shape index (κ3) is 1.79. The van der Waals surface area contributed by atoms with E-state index in [-0.39, 0.29) is 17.3 Å². The van der Waals surface area contributed by atoms with Crippen LogP contribution in [0.25, 0.3) is 5.57 Å². The maximum atomic E-state index is 9.70. The SMILES string of the molecule is CC1(C)COC2(C=C3c4ccccc4C[C@H]3[C@@H]2C#N)OC1. The van der Waals surface area contributed by atoms with Gasteiger partial charge < -0.3 is 9.47 Å². The van der Waals surface area contributed by atoms with Gasteiger partial charge in [-0.3, -0.25) is 0 Å². The Hall–Kier alpha value is -1.63. The van der Waals surface area contributed by atoms with Crippen LogP contribution in [0.2, 0.25) is 0 Å². The van der Waals surface area contributed by atoms with Crippen molar-refractivity contribution in [2.75, 3.05) is 13.2 Å². The van der Waals surface area contributed by atoms with Gasteiger partial charge in [0, 0.05) is 11.3 Å². The molecule has 2 aliphatic carbocycles. The van der Waals surface area contributed by atoms with E-state index in [1.807, 2.05) is 0 Å². The molecule has 4 rings (SSSR count). The van der Waals surface area contributed by atoms with Gasteiger partial charge in [-0.25, -0.2) is 0 Å². The van der Waals surface area contributed by atoms with E-state index in [2.05, 4.69) is 50.3 Å². The van der Waals surface area contributed by atoms with Crippen LogP contribution in [0.15, 0.2) is 30.3 Å². The molecule has 108 valence electrons. The molecule has 1 aliphatic heterocycles. The lowest BCUT2D eigenvalue weighted by atomic mass is 9.87. The lowest BCUT2D eigenvalue weighted by molar-refractivity contribution is -0.286. The summed E-state index contributed by atoms with van der Waals surface area (Å²) in [5, 5.41) is 9.70. The topological polar surface area (TPSA) is 42.2 Å². The molecule has 0 bridgehead atoms. The number of nitrogens with zero attached hydrogens (tertiary/aromatic N) is 1. The largest absolute Gasteiger partial charge is 0.345 e. The van der Waals surface area contributed by atoms with Crippen LogP contribution in [-0.2, 0) is 15.9 Å². The van der Waals surface area contributed by atoms with Crippen molar-refractivity contribution in [2.24, 2.45) is 17.3 Å². The fourth-order valence-corrected chi connectivity index (χ4v) is 3.74. The smallest absolute Gasteiger partial charge is 0.205 e. The van der Waals surface area contributed by atoms with Gasteiger partial charge in [-0.1, -0.05) is 38.1 Å². The minimum atomic E-state index is -0.836. The molecule has 1 fully saturated rings. The standard InChI is InChI=1S/C18H19NO2/c1-17(2)10-20-18(21-11-17)8-15-13-6-4-3-5-12(13)7-14(15)16(18)9-19/h3-6,8,14,16H,7,10-11H2,1-2H3/t14-,16+/m1/s1. The van der Waals surface area contributed by atoms with E-state index in [4.69, 9.17) is 9.47 Å². The minimum Gasteiger partial charge on any atom is -0.345 e. The molecule has 1 spiro atoms. The molecule has 0 radical (unpaired) electrons. The van der Waals surface area contributed by atoms with Crippen molar-refractivity contribution in [3.05, 3.63) is 41.5 Å². The predicted octanol–water partition coefficient (Wildman–Crippen LogP) is 3.16. The lowest BCUT2D eigenvalue weighted by Gasteiger charge is -2.42. The predicted molar refractivity (Wildman–Crippen MR) is 79.1 cm³/mol. The summed E-state index contributed by atoms with van der Waals surface area (Å²) in [6.45, 7) is 5.51. The molecule has 2 atom stereocenters. The average molecular weight is 281 g/mol. The Labute approximate surface area is 125 Å². The Morgan fingerprint density at radius 1 is 1.19 bits per heavy atom. The maximum Gasteiger partial charge on any atom is 0.205 e. The summed E-state index contributed by atoms with van der Waals surface area (Å²) in [5.74, 6) is -0.887. The van der Waals surface area contributed by atoms with Crippen molar-refractivity contribution in [2.45, 2.75) is 26.1 Å². The van der Waals surface area contributed by atoms with Crippen molar-refractivity contribution in [3.8, 4) is 6.07 Å². The third-order valence-electron chi connectivity index (χ3n) is 4.88. The molecule has 1 aromatic carbocycles. The summed E-state index contributed by atoms with van der Waals surface area (Å²) in [6, 6.07) is 10.9. The molecule has 0 N–H and O–H groups in total. The van der Waals surface area contributed by atoms with Gasteiger partial charge in [0.25, 0.3) is 0 Å². The Morgan fingerprint density at radius 2 is 1.90 bits per heavy atom. The first-order valence-corrected chi connectivity index (χ1v) is 7.53. The molecule has 0 unspecified atom stereocenters. The van der Waals surface area contributed by atoms with Crippen LogP contribution in [0.3, 0.4) is 0 Å². The van der Waals surface area contributed by atoms with E-state index in [0.717, 1.165) is 6.42 Å². The van der Waals surface area contributed by atoms with Crippen LogP contribution < -0.4 is 0 Å². The summed E-state index contributed by atoms with van der Waals surface area (Å²) >= 11 is 0. The number of hydrogen-bond donors (Lipinski definition) is 0. The van der Waals surface area contributed by atoms with Gasteiger partial charge in [-0.15, -0.1) is 0 Å². The number of benzene rings is 1. The molecule has 3 heteroatoms. The van der Waals surface area contributed by atoms with Gasteiger partial charge in [0.1, 0.15) is 5.92 Å². The highest BCUT2D eigenvalue weighted by Gasteiger charge is 2.55. The second kappa shape index (κ2) is 4.19. The van der Waals surface area contributed by atoms with Crippen molar-refractivity contribution in [1.82, 2.24) is 0 Å². The lowest BCUT2D eigenvalue weighted by Crippen LogP contribution is -2.50. The van der Waals surface area contributed by atoms with E-state index in [0.29, 0.717) is 13.2 Å². The molecule has 3 aliphatic rings. The van der Waals surface area contributed by atoms with Crippen LogP contribution in [0.5, 0.6) is 0 Å². The van der Waals surface area contributed by atoms with Gasteiger partial charge in [0.15, 0.2) is 0 Å². The van der Waals surface area contributed by atoms with Crippen molar-refractivity contribution in [3.63, 3.8) is 0 Å². The third-order valence-corrected chi connectivity index (χ3v) is 4.88. The maximum absolute atomic E-state index is 9.70. The Morgan fingerprint density at radius 3 is 2.62 bits per heavy atom. The second-order valence-corrected chi connectivity index (χ2v) is 7.14. The summed E-state index contributed by atoms with van der Waals surface area (Å²) in [5.41, 5.74) is 3.84. The molecular formula is C18H19NO2. The highest BCUT2D eigenvalue weighted by molar-refractivity contribution is 5.78. The first-order chi connectivity index (χ1) is 10.0. The van der Waals surface area contributed by atoms with Crippen LogP contribution >= 0.6 is 0 Å². The molecule has 1 saturated heterocycles. The summed E-state index contributed by atoms with van der Waals surface area (Å²) in [7, 11) is 0. The summed E-state index contributed by atoms with van der Waals surface area (Å²) in [6.07, 6.45) is 2.99. The highest BCUT2D eigenvalue weighted by Crippen LogP contribution is 2.53. The number of allylic oxidation sites excluding steroid dienone is 1. The van der Waals surface area contributed by atoms with Crippen molar-refractivity contribution < 1.29 is 9.47 Å². The van der Waals surface area contributed by atoms with Gasteiger partial charge in [0.05, 0.1) is 19.3 Å². The number of fused-ring (bicyclic) bond motifs is 3. The quantitative estimate of drug-likeness (QED) is 0.733. The van der Waals surface area contributed by atoms with E-state index >= 15 is 0 Å². The molecule has 0 aromatic heterocycles. The molecule has 1 aromatic rings. The first kappa shape index (κ1) is 13.1. The van der Waals surface area contributed by atoms with Gasteiger partial charge in [-0.2, -0.15) is 5.26 Å². The normalized spacial score (nSPS) is 31.4. The summed E-state index contributed by atoms with van der Waals surface area (Å²) < 4.78 is 12.2. The number of rotatable bonds is 0. The zero-order chi connectivity index (χ0) is 14.7. The zero-order valence-electron chi connectivity index (χ0n) is 12.4. The van der Waals surface area contributed by atoms with E-state index in [1.54, 1.807) is 0 Å². The number of nitriles is 1. The Bertz CT molecular complexity index is 658. The summed E-state index contributed by atoms with van der Waals surface area (Å²) in [4.78, 5) is 0. The first-order valence-electron chi connectivity index (χ1n) is 7.53. The highest BCUT2D eigenvalue weighted by atomic mass is 16.7. The minimum absolute atomic E-state index is 0.0133. The van der Waals surface area contributed by atoms with Crippen LogP contribution in [0.4, 0.5) is 0 Å². The van der Waals surface area contributed by atoms with Gasteiger partial charge in [0.2, 0.25) is 5.79 Å².